The number of fused-ring (bicyclic) bond motifs is 1. The predicted octanol–water partition coefficient (Wildman–Crippen LogP) is 3.79. The molecule has 1 aromatic carbocycles. The summed E-state index contributed by atoms with van der Waals surface area (Å²) in [5.41, 5.74) is 2.60. The van der Waals surface area contributed by atoms with Gasteiger partial charge in [-0.3, -0.25) is 4.90 Å². The first-order valence-electron chi connectivity index (χ1n) is 9.71. The maximum absolute atomic E-state index is 12.5. The zero-order chi connectivity index (χ0) is 17.8. The number of likely N-dealkylation sites (tertiary alicyclic amines) is 1. The van der Waals surface area contributed by atoms with E-state index in [0.717, 1.165) is 31.7 Å². The van der Waals surface area contributed by atoms with Gasteiger partial charge >= 0.3 is 6.03 Å². The van der Waals surface area contributed by atoms with Crippen LogP contribution in [-0.2, 0) is 6.42 Å². The minimum atomic E-state index is -0.0970. The Balaban J connectivity index is 1.36. The summed E-state index contributed by atoms with van der Waals surface area (Å²) in [7, 11) is 0. The van der Waals surface area contributed by atoms with Crippen molar-refractivity contribution in [3.05, 3.63) is 59.5 Å². The quantitative estimate of drug-likeness (QED) is 0.860. The Bertz CT molecular complexity index is 723. The molecule has 138 valence electrons. The number of benzene rings is 1. The molecular formula is C21H27N3O2. The Morgan fingerprint density at radius 2 is 2.00 bits per heavy atom. The first kappa shape index (κ1) is 17.2. The van der Waals surface area contributed by atoms with Gasteiger partial charge in [0.15, 0.2) is 0 Å². The lowest BCUT2D eigenvalue weighted by atomic mass is 10.1. The number of hydrogen-bond donors (Lipinski definition) is 2. The van der Waals surface area contributed by atoms with E-state index in [4.69, 9.17) is 4.42 Å². The van der Waals surface area contributed by atoms with Crippen LogP contribution in [0.2, 0.25) is 0 Å². The van der Waals surface area contributed by atoms with E-state index in [1.54, 1.807) is 6.26 Å². The van der Waals surface area contributed by atoms with Gasteiger partial charge in [-0.1, -0.05) is 30.7 Å². The first-order valence-corrected chi connectivity index (χ1v) is 9.71. The van der Waals surface area contributed by atoms with E-state index in [0.29, 0.717) is 6.54 Å². The first-order chi connectivity index (χ1) is 12.8. The van der Waals surface area contributed by atoms with Gasteiger partial charge in [-0.2, -0.15) is 0 Å². The SMILES string of the molecule is O=C(NCC(c1ccco1)N1CCCCC1)NC1CCc2ccccc21. The van der Waals surface area contributed by atoms with Crippen molar-refractivity contribution < 1.29 is 9.21 Å². The molecule has 2 aliphatic rings. The molecule has 2 unspecified atom stereocenters. The van der Waals surface area contributed by atoms with Crippen LogP contribution in [0.1, 0.15) is 54.7 Å². The summed E-state index contributed by atoms with van der Waals surface area (Å²) in [4.78, 5) is 14.9. The summed E-state index contributed by atoms with van der Waals surface area (Å²) in [6, 6.07) is 12.4. The number of rotatable bonds is 5. The van der Waals surface area contributed by atoms with Gasteiger partial charge in [-0.25, -0.2) is 4.79 Å². The van der Waals surface area contributed by atoms with Crippen molar-refractivity contribution in [1.29, 1.82) is 0 Å². The average molecular weight is 353 g/mol. The van der Waals surface area contributed by atoms with Gasteiger partial charge in [0.05, 0.1) is 18.3 Å². The Morgan fingerprint density at radius 1 is 1.15 bits per heavy atom. The van der Waals surface area contributed by atoms with E-state index in [-0.39, 0.29) is 18.1 Å². The zero-order valence-corrected chi connectivity index (χ0v) is 15.1. The van der Waals surface area contributed by atoms with Gasteiger partial charge in [0.1, 0.15) is 5.76 Å². The second kappa shape index (κ2) is 7.96. The molecule has 2 aromatic rings. The Morgan fingerprint density at radius 3 is 2.81 bits per heavy atom. The van der Waals surface area contributed by atoms with Gasteiger partial charge < -0.3 is 15.1 Å². The molecular weight excluding hydrogens is 326 g/mol. The van der Waals surface area contributed by atoms with E-state index in [2.05, 4.69) is 33.7 Å². The van der Waals surface area contributed by atoms with Gasteiger partial charge in [-0.15, -0.1) is 0 Å². The van der Waals surface area contributed by atoms with E-state index in [1.165, 1.54) is 30.4 Å². The summed E-state index contributed by atoms with van der Waals surface area (Å²) in [6.07, 6.45) is 7.42. The highest BCUT2D eigenvalue weighted by Gasteiger charge is 2.26. The lowest BCUT2D eigenvalue weighted by molar-refractivity contribution is 0.143. The minimum Gasteiger partial charge on any atom is -0.468 e. The van der Waals surface area contributed by atoms with Crippen LogP contribution in [0.4, 0.5) is 4.79 Å². The van der Waals surface area contributed by atoms with Gasteiger partial charge in [0.2, 0.25) is 0 Å². The van der Waals surface area contributed by atoms with Crippen LogP contribution < -0.4 is 10.6 Å². The fourth-order valence-electron chi connectivity index (χ4n) is 4.23. The van der Waals surface area contributed by atoms with Gasteiger partial charge in [0.25, 0.3) is 0 Å². The topological polar surface area (TPSA) is 57.5 Å². The second-order valence-electron chi connectivity index (χ2n) is 7.27. The molecule has 1 aromatic heterocycles. The van der Waals surface area contributed by atoms with E-state index >= 15 is 0 Å². The van der Waals surface area contributed by atoms with Crippen LogP contribution in [0.25, 0.3) is 0 Å². The molecule has 1 fully saturated rings. The highest BCUT2D eigenvalue weighted by molar-refractivity contribution is 5.74. The molecule has 0 bridgehead atoms. The molecule has 2 heterocycles. The summed E-state index contributed by atoms with van der Waals surface area (Å²) >= 11 is 0. The normalized spacial score (nSPS) is 21.2. The third-order valence-electron chi connectivity index (χ3n) is 5.60. The number of amides is 2. The molecule has 2 N–H and O–H groups in total. The lowest BCUT2D eigenvalue weighted by Gasteiger charge is -2.33. The van der Waals surface area contributed by atoms with Crippen molar-refractivity contribution in [3.63, 3.8) is 0 Å². The Labute approximate surface area is 154 Å². The fourth-order valence-corrected chi connectivity index (χ4v) is 4.23. The number of piperidine rings is 1. The third kappa shape index (κ3) is 3.78. The fraction of sp³-hybridized carbons (Fsp3) is 0.476. The van der Waals surface area contributed by atoms with E-state index < -0.39 is 0 Å². The van der Waals surface area contributed by atoms with Crippen molar-refractivity contribution in [2.24, 2.45) is 0 Å². The number of urea groups is 1. The average Bonchev–Trinajstić information content (AvgIpc) is 3.34. The summed E-state index contributed by atoms with van der Waals surface area (Å²) < 4.78 is 5.65. The molecule has 26 heavy (non-hydrogen) atoms. The molecule has 0 radical (unpaired) electrons. The lowest BCUT2D eigenvalue weighted by Crippen LogP contribution is -2.44. The summed E-state index contributed by atoms with van der Waals surface area (Å²) in [6.45, 7) is 2.68. The number of carbonyl (C=O) groups is 1. The van der Waals surface area contributed by atoms with Crippen LogP contribution in [0.5, 0.6) is 0 Å². The molecule has 1 saturated heterocycles. The van der Waals surface area contributed by atoms with Crippen LogP contribution in [0.3, 0.4) is 0 Å². The highest BCUT2D eigenvalue weighted by Crippen LogP contribution is 2.30. The van der Waals surface area contributed by atoms with Crippen molar-refractivity contribution in [2.45, 2.75) is 44.2 Å². The number of furan rings is 1. The van der Waals surface area contributed by atoms with Crippen molar-refractivity contribution in [2.75, 3.05) is 19.6 Å². The molecule has 1 aliphatic carbocycles. The number of aryl methyl sites for hydroxylation is 1. The summed E-state index contributed by atoms with van der Waals surface area (Å²) in [5.74, 6) is 0.929. The number of carbonyl (C=O) groups excluding carboxylic acids is 1. The van der Waals surface area contributed by atoms with Crippen LogP contribution in [0.15, 0.2) is 47.1 Å². The monoisotopic (exact) mass is 353 g/mol. The maximum atomic E-state index is 12.5. The maximum Gasteiger partial charge on any atom is 0.315 e. The van der Waals surface area contributed by atoms with Crippen molar-refractivity contribution in [1.82, 2.24) is 15.5 Å². The minimum absolute atomic E-state index is 0.0970. The largest absolute Gasteiger partial charge is 0.468 e. The van der Waals surface area contributed by atoms with Gasteiger partial charge in [0, 0.05) is 6.54 Å². The number of nitrogens with one attached hydrogen (secondary N) is 2. The van der Waals surface area contributed by atoms with Crippen molar-refractivity contribution in [3.8, 4) is 0 Å². The number of nitrogens with zero attached hydrogens (tertiary/aromatic N) is 1. The molecule has 2 amide bonds. The van der Waals surface area contributed by atoms with Crippen molar-refractivity contribution >= 4 is 6.03 Å². The molecule has 2 atom stereocenters. The molecule has 1 aliphatic heterocycles. The van der Waals surface area contributed by atoms with Crippen LogP contribution >= 0.6 is 0 Å². The molecule has 5 heteroatoms. The predicted molar refractivity (Wildman–Crippen MR) is 101 cm³/mol. The highest BCUT2D eigenvalue weighted by atomic mass is 16.3. The molecule has 5 nitrogen and oxygen atoms in total. The molecule has 4 rings (SSSR count). The second-order valence-corrected chi connectivity index (χ2v) is 7.27. The standard InChI is InChI=1S/C21H27N3O2/c25-21(23-18-11-10-16-7-2-3-8-17(16)18)22-15-19(20-9-6-14-26-20)24-12-4-1-5-13-24/h2-3,6-9,14,18-19H,1,4-5,10-13,15H2,(H2,22,23,25). The molecule has 0 saturated carbocycles. The number of hydrogen-bond acceptors (Lipinski definition) is 3. The van der Waals surface area contributed by atoms with E-state index in [9.17, 15) is 4.79 Å². The van der Waals surface area contributed by atoms with Gasteiger partial charge in [-0.05, 0) is 62.0 Å². The smallest absolute Gasteiger partial charge is 0.315 e. The summed E-state index contributed by atoms with van der Waals surface area (Å²) in [5, 5.41) is 6.21. The Hall–Kier alpha value is -2.27. The van der Waals surface area contributed by atoms with E-state index in [1.807, 2.05) is 18.2 Å². The molecule has 0 spiro atoms. The zero-order valence-electron chi connectivity index (χ0n) is 15.1. The van der Waals surface area contributed by atoms with Crippen LogP contribution in [-0.4, -0.2) is 30.6 Å². The van der Waals surface area contributed by atoms with Crippen LogP contribution in [0, 0.1) is 0 Å². The Kier molecular flexibility index (Phi) is 5.25. The third-order valence-corrected chi connectivity index (χ3v) is 5.60.